The molecule has 0 spiro atoms. The molecule has 0 atom stereocenters. The Morgan fingerprint density at radius 2 is 1.97 bits per heavy atom. The van der Waals surface area contributed by atoms with Crippen LogP contribution in [-0.4, -0.2) is 77.8 Å². The van der Waals surface area contributed by atoms with Crippen molar-refractivity contribution < 1.29 is 18.7 Å². The van der Waals surface area contributed by atoms with Gasteiger partial charge in [0.25, 0.3) is 11.8 Å². The van der Waals surface area contributed by atoms with Crippen molar-refractivity contribution in [3.63, 3.8) is 0 Å². The maximum absolute atomic E-state index is 12.7. The monoisotopic (exact) mass is 411 g/mol. The van der Waals surface area contributed by atoms with E-state index in [4.69, 9.17) is 9.15 Å². The lowest BCUT2D eigenvalue weighted by Gasteiger charge is -2.34. The highest BCUT2D eigenvalue weighted by molar-refractivity contribution is 5.96. The first-order valence-electron chi connectivity index (χ1n) is 9.91. The van der Waals surface area contributed by atoms with Crippen LogP contribution in [0.15, 0.2) is 40.9 Å². The van der Waals surface area contributed by atoms with Crippen molar-refractivity contribution in [2.24, 2.45) is 7.05 Å². The molecule has 0 radical (unpaired) electrons. The summed E-state index contributed by atoms with van der Waals surface area (Å²) >= 11 is 0. The summed E-state index contributed by atoms with van der Waals surface area (Å²) in [6, 6.07) is 9.30. The molecule has 1 fully saturated rings. The van der Waals surface area contributed by atoms with Crippen molar-refractivity contribution in [3.05, 3.63) is 47.9 Å². The number of rotatable bonds is 6. The molecule has 9 nitrogen and oxygen atoms in total. The fraction of sp³-hybridized carbons (Fsp3) is 0.381. The van der Waals surface area contributed by atoms with Crippen LogP contribution in [-0.2, 0) is 7.05 Å². The Balaban J connectivity index is 1.24. The van der Waals surface area contributed by atoms with Gasteiger partial charge in [0.15, 0.2) is 5.76 Å². The molecule has 158 valence electrons. The van der Waals surface area contributed by atoms with Crippen LogP contribution < -0.4 is 10.1 Å². The van der Waals surface area contributed by atoms with E-state index in [1.807, 2.05) is 29.2 Å². The molecule has 4 rings (SSSR count). The van der Waals surface area contributed by atoms with Gasteiger partial charge in [-0.2, -0.15) is 0 Å². The predicted molar refractivity (Wildman–Crippen MR) is 111 cm³/mol. The third kappa shape index (κ3) is 4.16. The largest absolute Gasteiger partial charge is 0.479 e. The second-order valence-corrected chi connectivity index (χ2v) is 7.26. The van der Waals surface area contributed by atoms with Crippen LogP contribution in [0.1, 0.15) is 20.9 Å². The molecule has 0 saturated carbocycles. The second kappa shape index (κ2) is 8.58. The van der Waals surface area contributed by atoms with Gasteiger partial charge in [-0.05, 0) is 12.1 Å². The zero-order chi connectivity index (χ0) is 21.1. The number of hydrogen-bond acceptors (Lipinski definition) is 6. The van der Waals surface area contributed by atoms with Gasteiger partial charge in [-0.1, -0.05) is 18.2 Å². The number of para-hydroxylation sites is 1. The summed E-state index contributed by atoms with van der Waals surface area (Å²) in [5.74, 6) is 0.372. The fourth-order valence-electron chi connectivity index (χ4n) is 3.62. The van der Waals surface area contributed by atoms with Crippen LogP contribution in [0.2, 0.25) is 0 Å². The highest BCUT2D eigenvalue weighted by atomic mass is 16.5. The number of ether oxygens (including phenoxy) is 1. The molecule has 3 aromatic rings. The molecule has 3 heterocycles. The van der Waals surface area contributed by atoms with Gasteiger partial charge in [0.05, 0.1) is 7.11 Å². The number of carbonyl (C=O) groups is 2. The van der Waals surface area contributed by atoms with E-state index in [0.717, 1.165) is 18.5 Å². The number of amides is 2. The molecular weight excluding hydrogens is 386 g/mol. The molecule has 30 heavy (non-hydrogen) atoms. The van der Waals surface area contributed by atoms with Crippen molar-refractivity contribution >= 4 is 22.8 Å². The van der Waals surface area contributed by atoms with Gasteiger partial charge in [0.1, 0.15) is 11.1 Å². The Labute approximate surface area is 174 Å². The van der Waals surface area contributed by atoms with Crippen LogP contribution in [0.4, 0.5) is 0 Å². The Bertz CT molecular complexity index is 1020. The summed E-state index contributed by atoms with van der Waals surface area (Å²) in [7, 11) is 3.27. The molecule has 0 unspecified atom stereocenters. The molecule has 2 aromatic heterocycles. The number of aromatic nitrogens is 2. The first-order chi connectivity index (χ1) is 14.5. The normalized spacial score (nSPS) is 14.8. The topological polar surface area (TPSA) is 92.8 Å². The number of nitrogens with one attached hydrogen (secondary N) is 1. The van der Waals surface area contributed by atoms with Crippen molar-refractivity contribution in [1.29, 1.82) is 0 Å². The molecule has 0 aliphatic carbocycles. The van der Waals surface area contributed by atoms with Gasteiger partial charge in [-0.3, -0.25) is 19.2 Å². The number of fused-ring (bicyclic) bond motifs is 1. The van der Waals surface area contributed by atoms with Crippen LogP contribution in [0, 0.1) is 0 Å². The summed E-state index contributed by atoms with van der Waals surface area (Å²) < 4.78 is 12.4. The summed E-state index contributed by atoms with van der Waals surface area (Å²) in [5, 5.41) is 7.96. The lowest BCUT2D eigenvalue weighted by Crippen LogP contribution is -2.50. The average molecular weight is 411 g/mol. The van der Waals surface area contributed by atoms with Crippen LogP contribution in [0.5, 0.6) is 5.88 Å². The SMILES string of the molecule is COc1nn(C)cc1C(=O)N1CCN(CCNC(=O)c2cc3ccccc3o2)CC1. The van der Waals surface area contributed by atoms with E-state index in [-0.39, 0.29) is 11.8 Å². The Hall–Kier alpha value is -3.33. The number of hydrogen-bond donors (Lipinski definition) is 1. The predicted octanol–water partition coefficient (Wildman–Crippen LogP) is 1.36. The van der Waals surface area contributed by atoms with Crippen molar-refractivity contribution in [2.75, 3.05) is 46.4 Å². The highest BCUT2D eigenvalue weighted by Crippen LogP contribution is 2.19. The van der Waals surface area contributed by atoms with Gasteiger partial charge in [0.2, 0.25) is 5.88 Å². The van der Waals surface area contributed by atoms with E-state index >= 15 is 0 Å². The van der Waals surface area contributed by atoms with Crippen molar-refractivity contribution in [3.8, 4) is 5.88 Å². The molecule has 0 bridgehead atoms. The summed E-state index contributed by atoms with van der Waals surface area (Å²) in [4.78, 5) is 29.1. The molecular formula is C21H25N5O4. The molecule has 2 amide bonds. The minimum Gasteiger partial charge on any atom is -0.479 e. The Morgan fingerprint density at radius 3 is 2.70 bits per heavy atom. The van der Waals surface area contributed by atoms with Gasteiger partial charge < -0.3 is 19.4 Å². The van der Waals surface area contributed by atoms with Crippen molar-refractivity contribution in [2.45, 2.75) is 0 Å². The Morgan fingerprint density at radius 1 is 1.20 bits per heavy atom. The lowest BCUT2D eigenvalue weighted by atomic mass is 10.2. The number of methoxy groups -OCH3 is 1. The number of carbonyl (C=O) groups excluding carboxylic acids is 2. The minimum atomic E-state index is -0.219. The first-order valence-corrected chi connectivity index (χ1v) is 9.91. The summed E-state index contributed by atoms with van der Waals surface area (Å²) in [6.45, 7) is 3.96. The van der Waals surface area contributed by atoms with Crippen LogP contribution in [0.25, 0.3) is 11.0 Å². The van der Waals surface area contributed by atoms with E-state index in [1.54, 1.807) is 24.0 Å². The number of furan rings is 1. The molecule has 9 heteroatoms. The minimum absolute atomic E-state index is 0.0715. The summed E-state index contributed by atoms with van der Waals surface area (Å²) in [5.41, 5.74) is 1.18. The summed E-state index contributed by atoms with van der Waals surface area (Å²) in [6.07, 6.45) is 1.68. The van der Waals surface area contributed by atoms with Gasteiger partial charge >= 0.3 is 0 Å². The van der Waals surface area contributed by atoms with E-state index in [0.29, 0.717) is 49.0 Å². The quantitative estimate of drug-likeness (QED) is 0.659. The maximum atomic E-state index is 12.7. The zero-order valence-corrected chi connectivity index (χ0v) is 17.1. The van der Waals surface area contributed by atoms with Crippen LogP contribution >= 0.6 is 0 Å². The number of benzene rings is 1. The fourth-order valence-corrected chi connectivity index (χ4v) is 3.62. The maximum Gasteiger partial charge on any atom is 0.287 e. The molecule has 1 aliphatic heterocycles. The van der Waals surface area contributed by atoms with E-state index in [1.165, 1.54) is 7.11 Å². The Kier molecular flexibility index (Phi) is 5.71. The average Bonchev–Trinajstić information content (AvgIpc) is 3.37. The van der Waals surface area contributed by atoms with E-state index < -0.39 is 0 Å². The second-order valence-electron chi connectivity index (χ2n) is 7.26. The third-order valence-corrected chi connectivity index (χ3v) is 5.24. The van der Waals surface area contributed by atoms with E-state index in [9.17, 15) is 9.59 Å². The van der Waals surface area contributed by atoms with Crippen molar-refractivity contribution in [1.82, 2.24) is 24.9 Å². The third-order valence-electron chi connectivity index (χ3n) is 5.24. The lowest BCUT2D eigenvalue weighted by molar-refractivity contribution is 0.0634. The number of piperazine rings is 1. The van der Waals surface area contributed by atoms with Gasteiger partial charge in [-0.15, -0.1) is 5.10 Å². The van der Waals surface area contributed by atoms with Gasteiger partial charge in [-0.25, -0.2) is 0 Å². The molecule has 1 saturated heterocycles. The zero-order valence-electron chi connectivity index (χ0n) is 17.1. The number of nitrogens with zero attached hydrogens (tertiary/aromatic N) is 4. The molecule has 1 N–H and O–H groups in total. The number of aryl methyl sites for hydroxylation is 1. The van der Waals surface area contributed by atoms with Crippen LogP contribution in [0.3, 0.4) is 0 Å². The smallest absolute Gasteiger partial charge is 0.287 e. The highest BCUT2D eigenvalue weighted by Gasteiger charge is 2.26. The van der Waals surface area contributed by atoms with E-state index in [2.05, 4.69) is 15.3 Å². The molecule has 1 aromatic carbocycles. The molecule has 1 aliphatic rings. The first kappa shape index (κ1) is 20.0. The standard InChI is InChI=1S/C21H25N5O4/c1-24-14-16(20(23-24)29-2)21(28)26-11-9-25(10-12-26)8-7-22-19(27)18-13-15-5-3-4-6-17(15)30-18/h3-6,13-14H,7-12H2,1-2H3,(H,22,27). The van der Waals surface area contributed by atoms with Gasteiger partial charge in [0, 0.05) is 57.9 Å².